The Labute approximate surface area is 209 Å². The van der Waals surface area contributed by atoms with Crippen molar-refractivity contribution in [2.45, 2.75) is 37.2 Å². The summed E-state index contributed by atoms with van der Waals surface area (Å²) in [7, 11) is 0. The normalized spacial score (nSPS) is 21.5. The highest BCUT2D eigenvalue weighted by Crippen LogP contribution is 2.43. The van der Waals surface area contributed by atoms with Crippen molar-refractivity contribution < 1.29 is 40.3 Å². The van der Waals surface area contributed by atoms with Crippen molar-refractivity contribution in [2.24, 2.45) is 5.92 Å². The Morgan fingerprint density at radius 2 is 1.82 bits per heavy atom. The predicted octanol–water partition coefficient (Wildman–Crippen LogP) is 3.46. The molecule has 3 heterocycles. The summed E-state index contributed by atoms with van der Waals surface area (Å²) < 4.78 is 97.0. The van der Waals surface area contributed by atoms with Crippen LogP contribution in [0.5, 0.6) is 0 Å². The molecule has 0 unspecified atom stereocenters. The molecule has 0 radical (unpaired) electrons. The number of nitrogens with zero attached hydrogens (tertiary/aromatic N) is 4. The van der Waals surface area contributed by atoms with Crippen LogP contribution in [0.25, 0.3) is 16.8 Å². The van der Waals surface area contributed by atoms with Crippen LogP contribution in [0.3, 0.4) is 0 Å². The van der Waals surface area contributed by atoms with Crippen LogP contribution >= 0.6 is 0 Å². The van der Waals surface area contributed by atoms with Crippen LogP contribution in [0.2, 0.25) is 0 Å². The van der Waals surface area contributed by atoms with Gasteiger partial charge in [-0.15, -0.1) is 0 Å². The Morgan fingerprint density at radius 1 is 1.11 bits per heavy atom. The van der Waals surface area contributed by atoms with E-state index in [-0.39, 0.29) is 23.4 Å². The number of nitrogens with two attached hydrogens (primary N) is 1. The molecule has 2 aliphatic rings. The lowest BCUT2D eigenvalue weighted by Gasteiger charge is -2.36. The third kappa shape index (κ3) is 4.60. The van der Waals surface area contributed by atoms with Gasteiger partial charge in [-0.2, -0.15) is 18.3 Å². The number of aromatic nitrogens is 3. The van der Waals surface area contributed by atoms with Crippen molar-refractivity contribution in [3.05, 3.63) is 47.5 Å². The number of amides is 2. The molecule has 0 spiro atoms. The van der Waals surface area contributed by atoms with E-state index in [9.17, 15) is 40.3 Å². The average Bonchev–Trinajstić information content (AvgIpc) is 3.38. The number of hydrogen-bond acceptors (Lipinski definition) is 5. The van der Waals surface area contributed by atoms with E-state index in [0.717, 1.165) is 33.9 Å². The molecule has 1 aliphatic carbocycles. The maximum absolute atomic E-state index is 14.6. The minimum Gasteiger partial charge on any atom is -0.382 e. The zero-order valence-corrected chi connectivity index (χ0v) is 19.3. The third-order valence-corrected chi connectivity index (χ3v) is 6.66. The van der Waals surface area contributed by atoms with Gasteiger partial charge in [0.1, 0.15) is 23.8 Å². The van der Waals surface area contributed by atoms with Gasteiger partial charge in [0.05, 0.1) is 23.8 Å². The minimum atomic E-state index is -4.84. The molecule has 1 saturated heterocycles. The molecule has 2 fully saturated rings. The van der Waals surface area contributed by atoms with E-state index in [4.69, 9.17) is 5.73 Å². The van der Waals surface area contributed by atoms with Gasteiger partial charge in [-0.05, 0) is 24.3 Å². The number of halogens is 7. The van der Waals surface area contributed by atoms with Crippen LogP contribution in [0.1, 0.15) is 28.8 Å². The topological polar surface area (TPSA) is 106 Å². The van der Waals surface area contributed by atoms with E-state index >= 15 is 0 Å². The van der Waals surface area contributed by atoms with E-state index < -0.39 is 84.1 Å². The van der Waals surface area contributed by atoms with E-state index in [1.807, 2.05) is 0 Å². The van der Waals surface area contributed by atoms with Gasteiger partial charge in [0.25, 0.3) is 5.91 Å². The monoisotopic (exact) mass is 544 g/mol. The molecule has 1 saturated carbocycles. The first-order valence-corrected chi connectivity index (χ1v) is 11.4. The number of carbonyl (C=O) groups excluding carboxylic acids is 2. The van der Waals surface area contributed by atoms with Crippen molar-refractivity contribution in [1.29, 1.82) is 0 Å². The van der Waals surface area contributed by atoms with Crippen molar-refractivity contribution in [2.75, 3.05) is 18.8 Å². The van der Waals surface area contributed by atoms with Crippen LogP contribution < -0.4 is 11.1 Å². The number of rotatable bonds is 4. The zero-order valence-electron chi connectivity index (χ0n) is 19.3. The standard InChI is InChI=1S/C23H19F7N6O2/c24-13-2-10(17-4-14(23(28,29)30)18-19(31)32-9-33-36(17)18)1-11(3-13)20(37)34-16-8-35(7-15(16)25)21(38)12-5-22(26,27)6-12/h1-4,9,12,15-16H,5-8H2,(H,34,37)(H2,31,32,33)/t15-,16+/m0/s1. The zero-order chi connectivity index (χ0) is 27.6. The number of nitrogens with one attached hydrogen (secondary N) is 1. The molecule has 1 aromatic carbocycles. The highest BCUT2D eigenvalue weighted by molar-refractivity contribution is 5.96. The van der Waals surface area contributed by atoms with Crippen molar-refractivity contribution >= 4 is 23.1 Å². The van der Waals surface area contributed by atoms with Gasteiger partial charge in [-0.3, -0.25) is 9.59 Å². The fraction of sp³-hybridized carbons (Fsp3) is 0.391. The summed E-state index contributed by atoms with van der Waals surface area (Å²) >= 11 is 0. The SMILES string of the molecule is Nc1ncnn2c(-c3cc(F)cc(C(=O)N[C@@H]4CN(C(=O)C5CC(F)(F)C5)C[C@@H]4F)c3)cc(C(F)(F)F)c12. The molecule has 1 aliphatic heterocycles. The number of alkyl halides is 6. The summed E-state index contributed by atoms with van der Waals surface area (Å²) in [6.45, 7) is -0.678. The van der Waals surface area contributed by atoms with Crippen molar-refractivity contribution in [1.82, 2.24) is 24.8 Å². The summed E-state index contributed by atoms with van der Waals surface area (Å²) in [5.74, 6) is -6.87. The Bertz CT molecular complexity index is 1430. The summed E-state index contributed by atoms with van der Waals surface area (Å²) in [5, 5.41) is 6.13. The molecule has 0 bridgehead atoms. The maximum Gasteiger partial charge on any atom is 0.418 e. The summed E-state index contributed by atoms with van der Waals surface area (Å²) in [4.78, 5) is 29.8. The van der Waals surface area contributed by atoms with E-state index in [1.54, 1.807) is 0 Å². The quantitative estimate of drug-likeness (QED) is 0.490. The average molecular weight is 544 g/mol. The highest BCUT2D eigenvalue weighted by Gasteiger charge is 2.51. The summed E-state index contributed by atoms with van der Waals surface area (Å²) in [6, 6.07) is 2.29. The van der Waals surface area contributed by atoms with Gasteiger partial charge in [0.15, 0.2) is 5.82 Å². The Balaban J connectivity index is 1.38. The predicted molar refractivity (Wildman–Crippen MR) is 118 cm³/mol. The van der Waals surface area contributed by atoms with Gasteiger partial charge in [-0.1, -0.05) is 0 Å². The Morgan fingerprint density at radius 3 is 2.47 bits per heavy atom. The summed E-state index contributed by atoms with van der Waals surface area (Å²) in [6.07, 6.45) is -6.88. The molecule has 3 N–H and O–H groups in total. The van der Waals surface area contributed by atoms with Gasteiger partial charge in [0.2, 0.25) is 11.8 Å². The van der Waals surface area contributed by atoms with Crippen LogP contribution in [-0.4, -0.2) is 62.5 Å². The van der Waals surface area contributed by atoms with Crippen LogP contribution in [0.15, 0.2) is 30.6 Å². The molecule has 3 aromatic rings. The molecular weight excluding hydrogens is 525 g/mol. The van der Waals surface area contributed by atoms with E-state index in [0.29, 0.717) is 6.07 Å². The second-order valence-corrected chi connectivity index (χ2v) is 9.38. The van der Waals surface area contributed by atoms with Crippen molar-refractivity contribution in [3.8, 4) is 11.3 Å². The molecule has 2 amide bonds. The second-order valence-electron chi connectivity index (χ2n) is 9.38. The summed E-state index contributed by atoms with van der Waals surface area (Å²) in [5.41, 5.74) is 3.20. The number of fused-ring (bicyclic) bond motifs is 1. The first kappa shape index (κ1) is 25.7. The lowest BCUT2D eigenvalue weighted by molar-refractivity contribution is -0.159. The fourth-order valence-corrected chi connectivity index (χ4v) is 4.78. The van der Waals surface area contributed by atoms with Crippen molar-refractivity contribution in [3.63, 3.8) is 0 Å². The molecule has 5 rings (SSSR count). The lowest BCUT2D eigenvalue weighted by atomic mass is 9.80. The minimum absolute atomic E-state index is 0.148. The van der Waals surface area contributed by atoms with Gasteiger partial charge >= 0.3 is 6.18 Å². The van der Waals surface area contributed by atoms with E-state index in [2.05, 4.69) is 15.4 Å². The fourth-order valence-electron chi connectivity index (χ4n) is 4.78. The number of hydrogen-bond donors (Lipinski definition) is 2. The molecule has 8 nitrogen and oxygen atoms in total. The number of carbonyl (C=O) groups is 2. The molecule has 2 aromatic heterocycles. The Hall–Kier alpha value is -3.91. The first-order valence-electron chi connectivity index (χ1n) is 11.4. The molecule has 15 heteroatoms. The number of benzene rings is 1. The van der Waals surface area contributed by atoms with Gasteiger partial charge in [0, 0.05) is 36.4 Å². The largest absolute Gasteiger partial charge is 0.418 e. The van der Waals surface area contributed by atoms with Crippen LogP contribution in [0, 0.1) is 11.7 Å². The van der Waals surface area contributed by atoms with Gasteiger partial charge in [-0.25, -0.2) is 27.1 Å². The second kappa shape index (κ2) is 8.84. The number of nitrogen functional groups attached to an aromatic ring is 1. The van der Waals surface area contributed by atoms with Gasteiger partial charge < -0.3 is 16.0 Å². The van der Waals surface area contributed by atoms with Crippen LogP contribution in [-0.2, 0) is 11.0 Å². The smallest absolute Gasteiger partial charge is 0.382 e. The molecule has 202 valence electrons. The molecule has 38 heavy (non-hydrogen) atoms. The Kier molecular flexibility index (Phi) is 5.98. The maximum atomic E-state index is 14.6. The molecular formula is C23H19F7N6O2. The third-order valence-electron chi connectivity index (χ3n) is 6.66. The highest BCUT2D eigenvalue weighted by atomic mass is 19.4. The first-order chi connectivity index (χ1) is 17.7. The molecule has 2 atom stereocenters. The number of likely N-dealkylation sites (tertiary alicyclic amines) is 1. The number of anilines is 1. The lowest BCUT2D eigenvalue weighted by Crippen LogP contribution is -2.47. The van der Waals surface area contributed by atoms with E-state index in [1.165, 1.54) is 0 Å². The van der Waals surface area contributed by atoms with Crippen LogP contribution in [0.4, 0.5) is 36.6 Å².